The van der Waals surface area contributed by atoms with Crippen molar-refractivity contribution in [1.82, 2.24) is 5.32 Å². The summed E-state index contributed by atoms with van der Waals surface area (Å²) in [5.74, 6) is 0.453. The van der Waals surface area contributed by atoms with Gasteiger partial charge in [-0.25, -0.2) is 0 Å². The maximum atomic E-state index is 11.8. The van der Waals surface area contributed by atoms with E-state index in [-0.39, 0.29) is 24.2 Å². The smallest absolute Gasteiger partial charge is 0.251 e. The monoisotopic (exact) mass is 343 g/mol. The number of carbonyl (C=O) groups is 2. The molecule has 2 amide bonds. The van der Waals surface area contributed by atoms with E-state index < -0.39 is 6.04 Å². The summed E-state index contributed by atoms with van der Waals surface area (Å²) in [5, 5.41) is 5.42. The molecule has 122 valence electrons. The van der Waals surface area contributed by atoms with E-state index in [9.17, 15) is 9.59 Å². The van der Waals surface area contributed by atoms with Crippen molar-refractivity contribution in [3.05, 3.63) is 42.5 Å². The van der Waals surface area contributed by atoms with Gasteiger partial charge in [-0.2, -0.15) is 11.8 Å². The van der Waals surface area contributed by atoms with E-state index in [2.05, 4.69) is 17.2 Å². The van der Waals surface area contributed by atoms with E-state index in [0.29, 0.717) is 24.2 Å². The molecule has 0 unspecified atom stereocenters. The van der Waals surface area contributed by atoms with Gasteiger partial charge in [-0.1, -0.05) is 6.08 Å². The minimum Gasteiger partial charge on any atom is -0.349 e. The fourth-order valence-electron chi connectivity index (χ4n) is 1.58. The Morgan fingerprint density at radius 3 is 2.55 bits per heavy atom. The number of nitrogens with two attached hydrogens (primary N) is 1. The van der Waals surface area contributed by atoms with E-state index in [4.69, 9.17) is 5.73 Å². The zero-order valence-corrected chi connectivity index (χ0v) is 14.1. The summed E-state index contributed by atoms with van der Waals surface area (Å²) in [6.07, 6.45) is 4.22. The van der Waals surface area contributed by atoms with Crippen LogP contribution in [-0.2, 0) is 4.79 Å². The number of nitrogens with one attached hydrogen (secondary N) is 2. The van der Waals surface area contributed by atoms with Crippen molar-refractivity contribution < 1.29 is 9.59 Å². The number of halogens is 1. The summed E-state index contributed by atoms with van der Waals surface area (Å²) >= 11 is 1.65. The normalized spacial score (nSPS) is 11.0. The molecular formula is C15H22ClN3O2S. The third-order valence-corrected chi connectivity index (χ3v) is 3.44. The van der Waals surface area contributed by atoms with Gasteiger partial charge in [0.15, 0.2) is 0 Å². The first-order valence-corrected chi connectivity index (χ1v) is 8.02. The molecule has 1 aromatic rings. The van der Waals surface area contributed by atoms with Crippen LogP contribution in [-0.4, -0.2) is 36.4 Å². The molecule has 1 rings (SSSR count). The Labute approximate surface area is 141 Å². The first-order valence-electron chi connectivity index (χ1n) is 6.63. The Morgan fingerprint density at radius 1 is 1.36 bits per heavy atom. The van der Waals surface area contributed by atoms with Crippen LogP contribution in [0.2, 0.25) is 0 Å². The van der Waals surface area contributed by atoms with Crippen LogP contribution < -0.4 is 16.4 Å². The lowest BCUT2D eigenvalue weighted by molar-refractivity contribution is -0.117. The van der Waals surface area contributed by atoms with Gasteiger partial charge in [0.1, 0.15) is 0 Å². The predicted octanol–water partition coefficient (Wildman–Crippen LogP) is 2.04. The molecule has 22 heavy (non-hydrogen) atoms. The second kappa shape index (κ2) is 11.1. The first kappa shape index (κ1) is 20.5. The number of carbonyl (C=O) groups excluding carboxylic acids is 2. The zero-order valence-electron chi connectivity index (χ0n) is 12.5. The summed E-state index contributed by atoms with van der Waals surface area (Å²) in [6, 6.07) is 6.15. The van der Waals surface area contributed by atoms with Crippen molar-refractivity contribution in [1.29, 1.82) is 0 Å². The Kier molecular flexibility index (Phi) is 10.4. The molecule has 0 fully saturated rings. The molecule has 0 aliphatic heterocycles. The van der Waals surface area contributed by atoms with Crippen molar-refractivity contribution in [2.45, 2.75) is 12.5 Å². The predicted molar refractivity (Wildman–Crippen MR) is 95.8 cm³/mol. The average molecular weight is 344 g/mol. The average Bonchev–Trinajstić information content (AvgIpc) is 2.50. The lowest BCUT2D eigenvalue weighted by atomic mass is 10.1. The number of hydrogen-bond donors (Lipinski definition) is 3. The van der Waals surface area contributed by atoms with Gasteiger partial charge in [-0.15, -0.1) is 19.0 Å². The fourth-order valence-corrected chi connectivity index (χ4v) is 2.07. The highest BCUT2D eigenvalue weighted by molar-refractivity contribution is 7.98. The minimum absolute atomic E-state index is 0. The molecule has 0 heterocycles. The van der Waals surface area contributed by atoms with E-state index >= 15 is 0 Å². The molecule has 5 nitrogen and oxygen atoms in total. The van der Waals surface area contributed by atoms with Crippen LogP contribution in [0.3, 0.4) is 0 Å². The van der Waals surface area contributed by atoms with Crippen LogP contribution in [0.25, 0.3) is 0 Å². The Bertz CT molecular complexity index is 494. The quantitative estimate of drug-likeness (QED) is 0.631. The number of anilines is 1. The van der Waals surface area contributed by atoms with Crippen LogP contribution in [0.4, 0.5) is 5.69 Å². The van der Waals surface area contributed by atoms with E-state index in [0.717, 1.165) is 5.75 Å². The number of thioether (sulfide) groups is 1. The summed E-state index contributed by atoms with van der Waals surface area (Å²) in [7, 11) is 0. The van der Waals surface area contributed by atoms with Crippen molar-refractivity contribution >= 4 is 41.7 Å². The van der Waals surface area contributed by atoms with Crippen LogP contribution in [0.5, 0.6) is 0 Å². The van der Waals surface area contributed by atoms with E-state index in [1.807, 2.05) is 6.26 Å². The molecule has 1 atom stereocenters. The zero-order chi connectivity index (χ0) is 15.7. The Balaban J connectivity index is 0.00000441. The summed E-state index contributed by atoms with van der Waals surface area (Å²) in [5.41, 5.74) is 6.94. The van der Waals surface area contributed by atoms with Gasteiger partial charge in [0.2, 0.25) is 5.91 Å². The highest BCUT2D eigenvalue weighted by Crippen LogP contribution is 2.10. The fraction of sp³-hybridized carbons (Fsp3) is 0.333. The van der Waals surface area contributed by atoms with Crippen LogP contribution in [0.1, 0.15) is 16.8 Å². The summed E-state index contributed by atoms with van der Waals surface area (Å²) < 4.78 is 0. The van der Waals surface area contributed by atoms with Crippen molar-refractivity contribution in [2.24, 2.45) is 5.73 Å². The SMILES string of the molecule is C=CCNC(=O)c1ccc(NC(=O)[C@@H](N)CCSC)cc1.Cl. The molecule has 0 spiro atoms. The first-order chi connectivity index (χ1) is 10.1. The van der Waals surface area contributed by atoms with Crippen molar-refractivity contribution in [3.8, 4) is 0 Å². The third-order valence-electron chi connectivity index (χ3n) is 2.79. The molecule has 0 aliphatic carbocycles. The molecule has 0 aliphatic rings. The van der Waals surface area contributed by atoms with Crippen molar-refractivity contribution in [2.75, 3.05) is 23.9 Å². The number of amides is 2. The lowest BCUT2D eigenvalue weighted by Gasteiger charge is -2.12. The second-order valence-corrected chi connectivity index (χ2v) is 5.44. The standard InChI is InChI=1S/C15H21N3O2S.ClH/c1-3-9-17-14(19)11-4-6-12(7-5-11)18-15(20)13(16)8-10-21-2;/h3-7,13H,1,8-10,16H2,2H3,(H,17,19)(H,18,20);1H/t13-;/m0./s1. The van der Waals surface area contributed by atoms with Crippen molar-refractivity contribution in [3.63, 3.8) is 0 Å². The minimum atomic E-state index is -0.520. The van der Waals surface area contributed by atoms with Gasteiger partial charge in [0, 0.05) is 17.8 Å². The van der Waals surface area contributed by atoms with Gasteiger partial charge in [0.25, 0.3) is 5.91 Å². The largest absolute Gasteiger partial charge is 0.349 e. The van der Waals surface area contributed by atoms with Gasteiger partial charge in [0.05, 0.1) is 6.04 Å². The van der Waals surface area contributed by atoms with E-state index in [1.165, 1.54) is 0 Å². The van der Waals surface area contributed by atoms with Crippen LogP contribution >= 0.6 is 24.2 Å². The molecule has 1 aromatic carbocycles. The van der Waals surface area contributed by atoms with Gasteiger partial charge >= 0.3 is 0 Å². The molecule has 7 heteroatoms. The maximum Gasteiger partial charge on any atom is 0.251 e. The Hall–Kier alpha value is -1.50. The number of rotatable bonds is 8. The molecule has 0 saturated heterocycles. The highest BCUT2D eigenvalue weighted by Gasteiger charge is 2.13. The van der Waals surface area contributed by atoms with Crippen LogP contribution in [0, 0.1) is 0 Å². The van der Waals surface area contributed by atoms with Gasteiger partial charge in [-0.3, -0.25) is 9.59 Å². The Morgan fingerprint density at radius 2 is 2.00 bits per heavy atom. The van der Waals surface area contributed by atoms with Crippen LogP contribution in [0.15, 0.2) is 36.9 Å². The highest BCUT2D eigenvalue weighted by atomic mass is 35.5. The summed E-state index contributed by atoms with van der Waals surface area (Å²) in [6.45, 7) is 3.95. The number of benzene rings is 1. The second-order valence-electron chi connectivity index (χ2n) is 4.45. The molecule has 0 saturated carbocycles. The third kappa shape index (κ3) is 6.98. The van der Waals surface area contributed by atoms with E-state index in [1.54, 1.807) is 42.1 Å². The molecule has 4 N–H and O–H groups in total. The molecule has 0 aromatic heterocycles. The number of hydrogen-bond acceptors (Lipinski definition) is 4. The lowest BCUT2D eigenvalue weighted by Crippen LogP contribution is -2.36. The van der Waals surface area contributed by atoms with Gasteiger partial charge in [-0.05, 0) is 42.7 Å². The molecular weight excluding hydrogens is 322 g/mol. The molecule has 0 bridgehead atoms. The molecule has 0 radical (unpaired) electrons. The maximum absolute atomic E-state index is 11.8. The van der Waals surface area contributed by atoms with Gasteiger partial charge < -0.3 is 16.4 Å². The topological polar surface area (TPSA) is 84.2 Å². The summed E-state index contributed by atoms with van der Waals surface area (Å²) in [4.78, 5) is 23.5.